The van der Waals surface area contributed by atoms with Crippen LogP contribution in [0.5, 0.6) is 0 Å². The number of amides is 2. The molecule has 3 aromatic carbocycles. The van der Waals surface area contributed by atoms with Gasteiger partial charge in [0, 0.05) is 32.6 Å². The molecule has 3 aromatic rings. The number of hydrogen-bond donors (Lipinski definition) is 1. The van der Waals surface area contributed by atoms with Gasteiger partial charge in [-0.25, -0.2) is 8.42 Å². The average Bonchev–Trinajstić information content (AvgIpc) is 2.86. The first-order chi connectivity index (χ1) is 18.3. The number of nitrogens with zero attached hydrogens (tertiary/aromatic N) is 2. The highest BCUT2D eigenvalue weighted by atomic mass is 127. The zero-order chi connectivity index (χ0) is 28.7. The minimum Gasteiger partial charge on any atom is -0.352 e. The van der Waals surface area contributed by atoms with Gasteiger partial charge in [-0.3, -0.25) is 13.9 Å². The second kappa shape index (κ2) is 13.8. The predicted octanol–water partition coefficient (Wildman–Crippen LogP) is 5.53. The summed E-state index contributed by atoms with van der Waals surface area (Å²) >= 11 is 14.7. The molecule has 3 rings (SSSR count). The smallest absolute Gasteiger partial charge is 0.244 e. The van der Waals surface area contributed by atoms with E-state index in [1.54, 1.807) is 42.5 Å². The summed E-state index contributed by atoms with van der Waals surface area (Å²) in [6.45, 7) is 3.15. The molecule has 0 aliphatic rings. The Hall–Kier alpha value is -2.34. The first-order valence-corrected chi connectivity index (χ1v) is 15.8. The number of carbonyl (C=O) groups is 2. The largest absolute Gasteiger partial charge is 0.352 e. The molecular weight excluding hydrogens is 672 g/mol. The zero-order valence-corrected chi connectivity index (χ0v) is 26.3. The molecule has 39 heavy (non-hydrogen) atoms. The van der Waals surface area contributed by atoms with E-state index in [2.05, 4.69) is 27.9 Å². The van der Waals surface area contributed by atoms with Crippen molar-refractivity contribution in [2.45, 2.75) is 38.9 Å². The van der Waals surface area contributed by atoms with Crippen molar-refractivity contribution in [3.8, 4) is 0 Å². The van der Waals surface area contributed by atoms with Gasteiger partial charge in [0.25, 0.3) is 0 Å². The summed E-state index contributed by atoms with van der Waals surface area (Å²) in [7, 11) is -3.83. The van der Waals surface area contributed by atoms with E-state index in [0.717, 1.165) is 19.7 Å². The van der Waals surface area contributed by atoms with Crippen LogP contribution in [0.15, 0.2) is 72.8 Å². The molecule has 0 unspecified atom stereocenters. The maximum absolute atomic E-state index is 14.0. The van der Waals surface area contributed by atoms with Crippen molar-refractivity contribution in [3.63, 3.8) is 0 Å². The van der Waals surface area contributed by atoms with Gasteiger partial charge in [0.05, 0.1) is 11.9 Å². The van der Waals surface area contributed by atoms with Gasteiger partial charge in [0.1, 0.15) is 12.6 Å². The van der Waals surface area contributed by atoms with E-state index in [0.29, 0.717) is 21.3 Å². The summed E-state index contributed by atoms with van der Waals surface area (Å²) in [6.07, 6.45) is 1.27. The molecule has 1 atom stereocenters. The van der Waals surface area contributed by atoms with Crippen LogP contribution in [0.1, 0.15) is 25.0 Å². The fraction of sp³-hybridized carbons (Fsp3) is 0.286. The number of halogens is 3. The number of sulfonamides is 1. The third kappa shape index (κ3) is 9.09. The first kappa shape index (κ1) is 31.2. The first-order valence-electron chi connectivity index (χ1n) is 12.2. The van der Waals surface area contributed by atoms with Crippen LogP contribution < -0.4 is 9.62 Å². The van der Waals surface area contributed by atoms with E-state index in [4.69, 9.17) is 23.2 Å². The lowest BCUT2D eigenvalue weighted by molar-refractivity contribution is -0.140. The molecule has 0 bridgehead atoms. The molecule has 0 aliphatic carbocycles. The third-order valence-corrected chi connectivity index (χ3v) is 8.30. The quantitative estimate of drug-likeness (QED) is 0.267. The van der Waals surface area contributed by atoms with Crippen LogP contribution in [0, 0.1) is 3.57 Å². The Kier molecular flexibility index (Phi) is 11.1. The second-order valence-corrected chi connectivity index (χ2v) is 13.4. The molecule has 0 fully saturated rings. The lowest BCUT2D eigenvalue weighted by Gasteiger charge is -2.34. The SMILES string of the molecule is CC(C)NC(=O)[C@H](Cc1ccccc1)N(Cc1ccc(Cl)cc1Cl)C(=O)CN(c1ccc(I)cc1)S(C)(=O)=O. The molecule has 0 saturated heterocycles. The highest BCUT2D eigenvalue weighted by Gasteiger charge is 2.33. The molecule has 0 heterocycles. The summed E-state index contributed by atoms with van der Waals surface area (Å²) in [4.78, 5) is 28.9. The lowest BCUT2D eigenvalue weighted by Crippen LogP contribution is -2.54. The number of anilines is 1. The standard InChI is InChI=1S/C28H30Cl2IN3O4S/c1-19(2)32-28(36)26(15-20-7-5-4-6-8-20)33(17-21-9-10-22(29)16-25(21)30)27(35)18-34(39(3,37)38)24-13-11-23(31)12-14-24/h4-14,16,19,26H,15,17-18H2,1-3H3,(H,32,36)/t26-/m0/s1. The van der Waals surface area contributed by atoms with Crippen molar-refractivity contribution in [2.75, 3.05) is 17.1 Å². The number of benzene rings is 3. The van der Waals surface area contributed by atoms with Gasteiger partial charge in [0.2, 0.25) is 21.8 Å². The summed E-state index contributed by atoms with van der Waals surface area (Å²) in [5.41, 5.74) is 1.77. The molecule has 2 amide bonds. The van der Waals surface area contributed by atoms with Crippen LogP contribution >= 0.6 is 45.8 Å². The Labute approximate surface area is 253 Å². The van der Waals surface area contributed by atoms with Gasteiger partial charge in [-0.15, -0.1) is 0 Å². The Bertz CT molecular complexity index is 1400. The van der Waals surface area contributed by atoms with Crippen LogP contribution in [0.2, 0.25) is 10.0 Å². The summed E-state index contributed by atoms with van der Waals surface area (Å²) < 4.78 is 27.6. The van der Waals surface area contributed by atoms with Crippen LogP contribution in [0.3, 0.4) is 0 Å². The van der Waals surface area contributed by atoms with Crippen molar-refractivity contribution in [2.24, 2.45) is 0 Å². The Morgan fingerprint density at radius 3 is 2.18 bits per heavy atom. The number of rotatable bonds is 11. The lowest BCUT2D eigenvalue weighted by atomic mass is 10.0. The predicted molar refractivity (Wildman–Crippen MR) is 166 cm³/mol. The Balaban J connectivity index is 2.07. The zero-order valence-electron chi connectivity index (χ0n) is 21.8. The van der Waals surface area contributed by atoms with Crippen molar-refractivity contribution in [1.29, 1.82) is 0 Å². The second-order valence-electron chi connectivity index (χ2n) is 9.37. The Morgan fingerprint density at radius 1 is 0.974 bits per heavy atom. The van der Waals surface area contributed by atoms with Crippen LogP contribution in [0.25, 0.3) is 0 Å². The van der Waals surface area contributed by atoms with Crippen molar-refractivity contribution in [1.82, 2.24) is 10.2 Å². The molecular formula is C28H30Cl2IN3O4S. The Morgan fingerprint density at radius 2 is 1.62 bits per heavy atom. The number of hydrogen-bond acceptors (Lipinski definition) is 4. The molecule has 7 nitrogen and oxygen atoms in total. The van der Waals surface area contributed by atoms with E-state index in [1.807, 2.05) is 44.2 Å². The fourth-order valence-electron chi connectivity index (χ4n) is 3.99. The topological polar surface area (TPSA) is 86.8 Å². The average molecular weight is 702 g/mol. The summed E-state index contributed by atoms with van der Waals surface area (Å²) in [5.74, 6) is -0.905. The van der Waals surface area contributed by atoms with E-state index in [9.17, 15) is 18.0 Å². The van der Waals surface area contributed by atoms with Crippen molar-refractivity contribution >= 4 is 73.3 Å². The molecule has 0 aromatic heterocycles. The maximum Gasteiger partial charge on any atom is 0.244 e. The van der Waals surface area contributed by atoms with Crippen LogP contribution in [-0.4, -0.2) is 50.0 Å². The number of carbonyl (C=O) groups excluding carboxylic acids is 2. The maximum atomic E-state index is 14.0. The van der Waals surface area contributed by atoms with Crippen molar-refractivity contribution in [3.05, 3.63) is 97.5 Å². The molecule has 0 radical (unpaired) electrons. The highest BCUT2D eigenvalue weighted by molar-refractivity contribution is 14.1. The fourth-order valence-corrected chi connectivity index (χ4v) is 5.67. The van der Waals surface area contributed by atoms with Crippen LogP contribution in [-0.2, 0) is 32.6 Å². The molecule has 11 heteroatoms. The van der Waals surface area contributed by atoms with E-state index in [1.165, 1.54) is 4.90 Å². The van der Waals surface area contributed by atoms with Gasteiger partial charge in [0.15, 0.2) is 0 Å². The normalized spacial score (nSPS) is 12.2. The number of nitrogens with one attached hydrogen (secondary N) is 1. The molecule has 0 aliphatic heterocycles. The van der Waals surface area contributed by atoms with Gasteiger partial charge in [-0.1, -0.05) is 59.6 Å². The van der Waals surface area contributed by atoms with Gasteiger partial charge < -0.3 is 10.2 Å². The van der Waals surface area contributed by atoms with Crippen molar-refractivity contribution < 1.29 is 18.0 Å². The minimum absolute atomic E-state index is 0.0257. The van der Waals surface area contributed by atoms with E-state index >= 15 is 0 Å². The molecule has 1 N–H and O–H groups in total. The molecule has 0 saturated carbocycles. The highest BCUT2D eigenvalue weighted by Crippen LogP contribution is 2.25. The monoisotopic (exact) mass is 701 g/mol. The third-order valence-electron chi connectivity index (χ3n) is 5.85. The van der Waals surface area contributed by atoms with Gasteiger partial charge in [-0.2, -0.15) is 0 Å². The van der Waals surface area contributed by atoms with Gasteiger partial charge >= 0.3 is 0 Å². The van der Waals surface area contributed by atoms with Gasteiger partial charge in [-0.05, 0) is 84.0 Å². The summed E-state index contributed by atoms with van der Waals surface area (Å²) in [5, 5.41) is 3.68. The molecule has 0 spiro atoms. The van der Waals surface area contributed by atoms with E-state index in [-0.39, 0.29) is 24.9 Å². The minimum atomic E-state index is -3.83. The molecule has 208 valence electrons. The summed E-state index contributed by atoms with van der Waals surface area (Å²) in [6, 6.07) is 19.9. The van der Waals surface area contributed by atoms with E-state index < -0.39 is 28.5 Å². The van der Waals surface area contributed by atoms with Crippen LogP contribution in [0.4, 0.5) is 5.69 Å².